The van der Waals surface area contributed by atoms with E-state index in [9.17, 15) is 9.59 Å². The maximum Gasteiger partial charge on any atom is 0.254 e. The summed E-state index contributed by atoms with van der Waals surface area (Å²) >= 11 is 0. The number of nitrogens with one attached hydrogen (secondary N) is 3. The number of nitrogens with zero attached hydrogens (tertiary/aromatic N) is 3. The zero-order chi connectivity index (χ0) is 25.1. The van der Waals surface area contributed by atoms with E-state index >= 15 is 0 Å². The van der Waals surface area contributed by atoms with Crippen LogP contribution in [0, 0.1) is 5.92 Å². The first kappa shape index (κ1) is 22.0. The highest BCUT2D eigenvalue weighted by Crippen LogP contribution is 2.39. The third kappa shape index (κ3) is 3.49. The fraction of sp³-hybridized carbons (Fsp3) is 0.286. The molecule has 37 heavy (non-hydrogen) atoms. The number of carbonyl (C=O) groups excluding carboxylic acids is 2. The van der Waals surface area contributed by atoms with Gasteiger partial charge in [0.05, 0.1) is 36.0 Å². The van der Waals surface area contributed by atoms with Crippen LogP contribution in [0.4, 0.5) is 11.5 Å². The van der Waals surface area contributed by atoms with Gasteiger partial charge in [0, 0.05) is 43.9 Å². The summed E-state index contributed by atoms with van der Waals surface area (Å²) in [6.45, 7) is 1.93. The Balaban J connectivity index is 1.26. The van der Waals surface area contributed by atoms with E-state index < -0.39 is 0 Å². The Bertz CT molecular complexity index is 1590. The highest BCUT2D eigenvalue weighted by Gasteiger charge is 2.36. The van der Waals surface area contributed by atoms with Crippen molar-refractivity contribution in [1.29, 1.82) is 0 Å². The minimum Gasteiger partial charge on any atom is -0.381 e. The predicted octanol–water partition coefficient (Wildman–Crippen LogP) is 3.37. The molecule has 2 amide bonds. The van der Waals surface area contributed by atoms with Crippen molar-refractivity contribution in [2.75, 3.05) is 18.5 Å². The van der Waals surface area contributed by atoms with E-state index in [2.05, 4.69) is 39.1 Å². The summed E-state index contributed by atoms with van der Waals surface area (Å²) in [6, 6.07) is 12.1. The average Bonchev–Trinajstić information content (AvgIpc) is 3.47. The second kappa shape index (κ2) is 8.41. The molecule has 9 nitrogen and oxygen atoms in total. The van der Waals surface area contributed by atoms with Crippen LogP contribution >= 0.6 is 0 Å². The number of ether oxygens (including phenoxy) is 1. The minimum absolute atomic E-state index is 0.0194. The Labute approximate surface area is 213 Å². The van der Waals surface area contributed by atoms with Crippen molar-refractivity contribution in [3.05, 3.63) is 71.2 Å². The number of carbonyl (C=O) groups is 2. The predicted molar refractivity (Wildman–Crippen MR) is 138 cm³/mol. The molecule has 1 saturated heterocycles. The second-order valence-corrected chi connectivity index (χ2v) is 9.87. The fourth-order valence-electron chi connectivity index (χ4n) is 5.97. The second-order valence-electron chi connectivity index (χ2n) is 9.87. The smallest absolute Gasteiger partial charge is 0.254 e. The first-order valence-electron chi connectivity index (χ1n) is 12.6. The van der Waals surface area contributed by atoms with E-state index in [-0.39, 0.29) is 23.7 Å². The average molecular weight is 495 g/mol. The van der Waals surface area contributed by atoms with Gasteiger partial charge in [-0.25, -0.2) is 9.97 Å². The standard InChI is InChI=1S/C28H26N6O3/c1-34-10-7-19-16(6-9-29-26(19)34)15-2-4-22(25-20(15)12-30-28(25)36)32-24-5-3-18-17-8-11-37-14-21(17)27(35)31-13-23(18)33-24/h2-7,9-10,17,21H,8,11-14H2,1H3,(H,30,36)(H,31,35)(H,32,33)/t17-,21-/m0/s1. The van der Waals surface area contributed by atoms with Gasteiger partial charge in [0.2, 0.25) is 5.91 Å². The zero-order valence-electron chi connectivity index (χ0n) is 20.4. The molecule has 1 fully saturated rings. The topological polar surface area (TPSA) is 110 Å². The first-order chi connectivity index (χ1) is 18.1. The molecule has 6 heterocycles. The number of aryl methyl sites for hydroxylation is 1. The minimum atomic E-state index is -0.181. The van der Waals surface area contributed by atoms with E-state index in [1.807, 2.05) is 42.2 Å². The number of anilines is 2. The van der Waals surface area contributed by atoms with Crippen molar-refractivity contribution in [3.8, 4) is 11.1 Å². The van der Waals surface area contributed by atoms with E-state index in [1.54, 1.807) is 0 Å². The summed E-state index contributed by atoms with van der Waals surface area (Å²) in [5.74, 6) is 0.481. The summed E-state index contributed by atoms with van der Waals surface area (Å²) in [4.78, 5) is 34.9. The summed E-state index contributed by atoms with van der Waals surface area (Å²) in [5.41, 5.74) is 7.22. The molecule has 0 bridgehead atoms. The van der Waals surface area contributed by atoms with E-state index in [4.69, 9.17) is 9.72 Å². The molecular formula is C28H26N6O3. The highest BCUT2D eigenvalue weighted by molar-refractivity contribution is 6.07. The van der Waals surface area contributed by atoms with Crippen LogP contribution in [0.2, 0.25) is 0 Å². The highest BCUT2D eigenvalue weighted by atomic mass is 16.5. The van der Waals surface area contributed by atoms with Crippen molar-refractivity contribution in [3.63, 3.8) is 0 Å². The number of hydrogen-bond donors (Lipinski definition) is 3. The molecule has 0 aliphatic carbocycles. The summed E-state index contributed by atoms with van der Waals surface area (Å²) < 4.78 is 7.56. The molecule has 3 aliphatic heterocycles. The Morgan fingerprint density at radius 3 is 2.86 bits per heavy atom. The molecule has 0 spiro atoms. The number of benzene rings is 1. The summed E-state index contributed by atoms with van der Waals surface area (Å²) in [5, 5.41) is 10.4. The third-order valence-corrected chi connectivity index (χ3v) is 7.82. The van der Waals surface area contributed by atoms with Crippen molar-refractivity contribution in [2.24, 2.45) is 13.0 Å². The largest absolute Gasteiger partial charge is 0.381 e. The van der Waals surface area contributed by atoms with Crippen LogP contribution in [0.5, 0.6) is 0 Å². The Kier molecular flexibility index (Phi) is 5.00. The van der Waals surface area contributed by atoms with Gasteiger partial charge in [-0.3, -0.25) is 9.59 Å². The van der Waals surface area contributed by atoms with Crippen molar-refractivity contribution < 1.29 is 14.3 Å². The van der Waals surface area contributed by atoms with Gasteiger partial charge in [0.25, 0.3) is 5.91 Å². The lowest BCUT2D eigenvalue weighted by atomic mass is 9.82. The maximum absolute atomic E-state index is 13.0. The molecule has 186 valence electrons. The molecule has 3 aliphatic rings. The van der Waals surface area contributed by atoms with Crippen molar-refractivity contribution in [1.82, 2.24) is 25.2 Å². The molecule has 0 saturated carbocycles. The zero-order valence-corrected chi connectivity index (χ0v) is 20.4. The van der Waals surface area contributed by atoms with Crippen LogP contribution in [0.1, 0.15) is 39.5 Å². The molecule has 3 N–H and O–H groups in total. The molecule has 1 aromatic carbocycles. The first-order valence-corrected chi connectivity index (χ1v) is 12.6. The Morgan fingerprint density at radius 2 is 1.95 bits per heavy atom. The van der Waals surface area contributed by atoms with Crippen molar-refractivity contribution >= 4 is 34.4 Å². The van der Waals surface area contributed by atoms with E-state index in [0.717, 1.165) is 45.4 Å². The molecular weight excluding hydrogens is 468 g/mol. The number of rotatable bonds is 3. The molecule has 4 aromatic rings. The number of aromatic nitrogens is 3. The Hall–Kier alpha value is -4.24. The quantitative estimate of drug-likeness (QED) is 0.403. The lowest BCUT2D eigenvalue weighted by Crippen LogP contribution is -2.37. The molecule has 3 aromatic heterocycles. The summed E-state index contributed by atoms with van der Waals surface area (Å²) in [6.07, 6.45) is 4.61. The van der Waals surface area contributed by atoms with Gasteiger partial charge in [-0.2, -0.15) is 0 Å². The molecule has 0 unspecified atom stereocenters. The monoisotopic (exact) mass is 494 g/mol. The molecule has 7 rings (SSSR count). The van der Waals surface area contributed by atoms with Gasteiger partial charge in [-0.15, -0.1) is 0 Å². The maximum atomic E-state index is 13.0. The van der Waals surface area contributed by atoms with Crippen LogP contribution in [0.3, 0.4) is 0 Å². The van der Waals surface area contributed by atoms with Gasteiger partial charge in [0.1, 0.15) is 11.5 Å². The van der Waals surface area contributed by atoms with Crippen LogP contribution in [0.25, 0.3) is 22.2 Å². The number of amides is 2. The van der Waals surface area contributed by atoms with Gasteiger partial charge >= 0.3 is 0 Å². The van der Waals surface area contributed by atoms with Gasteiger partial charge < -0.3 is 25.3 Å². The van der Waals surface area contributed by atoms with Gasteiger partial charge in [-0.05, 0) is 52.9 Å². The lowest BCUT2D eigenvalue weighted by Gasteiger charge is -2.29. The number of pyridine rings is 2. The number of fused-ring (bicyclic) bond motifs is 5. The normalized spacial score (nSPS) is 20.5. The van der Waals surface area contributed by atoms with Crippen LogP contribution in [-0.4, -0.2) is 39.6 Å². The van der Waals surface area contributed by atoms with Crippen molar-refractivity contribution in [2.45, 2.75) is 25.4 Å². The molecule has 9 heteroatoms. The van der Waals surface area contributed by atoms with Gasteiger partial charge in [-0.1, -0.05) is 12.1 Å². The fourth-order valence-corrected chi connectivity index (χ4v) is 5.97. The lowest BCUT2D eigenvalue weighted by molar-refractivity contribution is -0.129. The Morgan fingerprint density at radius 1 is 1.03 bits per heavy atom. The van der Waals surface area contributed by atoms with E-state index in [1.165, 1.54) is 0 Å². The SMILES string of the molecule is Cn1ccc2c(-c3ccc(Nc4ccc5c(n4)CNC(=O)[C@H]4COCC[C@@H]54)c4c3CNC4=O)ccnc21. The van der Waals surface area contributed by atoms with Crippen LogP contribution in [0.15, 0.2) is 48.8 Å². The summed E-state index contributed by atoms with van der Waals surface area (Å²) in [7, 11) is 1.98. The number of hydrogen-bond acceptors (Lipinski definition) is 6. The van der Waals surface area contributed by atoms with Gasteiger partial charge in [0.15, 0.2) is 0 Å². The van der Waals surface area contributed by atoms with Crippen LogP contribution in [-0.2, 0) is 29.7 Å². The molecule has 0 radical (unpaired) electrons. The molecule has 2 atom stereocenters. The third-order valence-electron chi connectivity index (χ3n) is 7.82. The van der Waals surface area contributed by atoms with Crippen LogP contribution < -0.4 is 16.0 Å². The van der Waals surface area contributed by atoms with E-state index in [0.29, 0.717) is 43.4 Å².